The van der Waals surface area contributed by atoms with Crippen molar-refractivity contribution in [1.82, 2.24) is 0 Å². The predicted molar refractivity (Wildman–Crippen MR) is 125 cm³/mol. The molecule has 0 saturated carbocycles. The van der Waals surface area contributed by atoms with E-state index in [0.717, 1.165) is 16.7 Å². The minimum absolute atomic E-state index is 0.0752. The average Bonchev–Trinajstić information content (AvgIpc) is 3.05. The summed E-state index contributed by atoms with van der Waals surface area (Å²) in [5.74, 6) is -0.897. The van der Waals surface area contributed by atoms with Gasteiger partial charge in [-0.05, 0) is 68.3 Å². The Balaban J connectivity index is 1.90. The number of carbonyl (C=O) groups is 2. The van der Waals surface area contributed by atoms with E-state index in [1.165, 1.54) is 4.90 Å². The number of hydrogen-bond donors (Lipinski definition) is 1. The normalized spacial score (nSPS) is 17.6. The molecule has 1 fully saturated rings. The van der Waals surface area contributed by atoms with E-state index in [2.05, 4.69) is 0 Å². The van der Waals surface area contributed by atoms with E-state index in [9.17, 15) is 14.7 Å². The molecular formula is C27H25NO4. The fourth-order valence-corrected chi connectivity index (χ4v) is 4.06. The predicted octanol–water partition coefficient (Wildman–Crippen LogP) is 5.33. The fraction of sp³-hybridized carbons (Fsp3) is 0.185. The van der Waals surface area contributed by atoms with Crippen molar-refractivity contribution in [1.29, 1.82) is 0 Å². The van der Waals surface area contributed by atoms with E-state index in [4.69, 9.17) is 4.74 Å². The number of carbonyl (C=O) groups excluding carboxylic acids is 2. The Labute approximate surface area is 187 Å². The molecule has 1 heterocycles. The van der Waals surface area contributed by atoms with Crippen LogP contribution in [0.3, 0.4) is 0 Å². The van der Waals surface area contributed by atoms with Gasteiger partial charge in [0.2, 0.25) is 0 Å². The number of ether oxygens (including phenoxy) is 1. The largest absolute Gasteiger partial charge is 0.507 e. The molecular weight excluding hydrogens is 402 g/mol. The van der Waals surface area contributed by atoms with Gasteiger partial charge >= 0.3 is 0 Å². The first-order valence-electron chi connectivity index (χ1n) is 10.6. The number of aryl methyl sites for hydroxylation is 2. The lowest BCUT2D eigenvalue weighted by Crippen LogP contribution is -2.29. The summed E-state index contributed by atoms with van der Waals surface area (Å²) < 4.78 is 5.47. The van der Waals surface area contributed by atoms with Gasteiger partial charge in [0.1, 0.15) is 11.5 Å². The van der Waals surface area contributed by atoms with Crippen LogP contribution >= 0.6 is 0 Å². The van der Waals surface area contributed by atoms with E-state index in [1.54, 1.807) is 30.3 Å². The number of aliphatic hydroxyl groups is 1. The molecule has 5 nitrogen and oxygen atoms in total. The van der Waals surface area contributed by atoms with Gasteiger partial charge in [0.25, 0.3) is 11.7 Å². The summed E-state index contributed by atoms with van der Waals surface area (Å²) in [4.78, 5) is 27.9. The van der Waals surface area contributed by atoms with Gasteiger partial charge in [-0.15, -0.1) is 0 Å². The highest BCUT2D eigenvalue weighted by Gasteiger charge is 2.47. The summed E-state index contributed by atoms with van der Waals surface area (Å²) in [5.41, 5.74) is 3.87. The van der Waals surface area contributed by atoms with Gasteiger partial charge < -0.3 is 9.84 Å². The van der Waals surface area contributed by atoms with Crippen molar-refractivity contribution in [3.63, 3.8) is 0 Å². The molecule has 1 aliphatic rings. The molecule has 4 rings (SSSR count). The Morgan fingerprint density at radius 2 is 1.59 bits per heavy atom. The Morgan fingerprint density at radius 3 is 2.22 bits per heavy atom. The molecule has 0 spiro atoms. The molecule has 0 radical (unpaired) electrons. The van der Waals surface area contributed by atoms with Crippen LogP contribution in [0.5, 0.6) is 5.75 Å². The zero-order valence-electron chi connectivity index (χ0n) is 18.3. The number of anilines is 1. The van der Waals surface area contributed by atoms with E-state index in [-0.39, 0.29) is 11.3 Å². The summed E-state index contributed by atoms with van der Waals surface area (Å²) in [6.45, 7) is 6.30. The first-order chi connectivity index (χ1) is 15.4. The highest BCUT2D eigenvalue weighted by molar-refractivity contribution is 6.51. The van der Waals surface area contributed by atoms with Gasteiger partial charge in [-0.25, -0.2) is 0 Å². The van der Waals surface area contributed by atoms with E-state index in [0.29, 0.717) is 23.6 Å². The SMILES string of the molecule is CCOc1ccc(/C(O)=C2\C(=O)C(=O)N(c3cccc(C)c3)C2c2cccc(C)c2)cc1. The number of amides is 1. The van der Waals surface area contributed by atoms with Crippen molar-refractivity contribution in [3.05, 3.63) is 101 Å². The van der Waals surface area contributed by atoms with Crippen LogP contribution in [0, 0.1) is 13.8 Å². The van der Waals surface area contributed by atoms with Crippen LogP contribution in [-0.2, 0) is 9.59 Å². The number of nitrogens with zero attached hydrogens (tertiary/aromatic N) is 1. The molecule has 1 atom stereocenters. The molecule has 32 heavy (non-hydrogen) atoms. The van der Waals surface area contributed by atoms with E-state index < -0.39 is 17.7 Å². The van der Waals surface area contributed by atoms with Crippen LogP contribution in [-0.4, -0.2) is 23.4 Å². The van der Waals surface area contributed by atoms with Gasteiger partial charge in [-0.2, -0.15) is 0 Å². The van der Waals surface area contributed by atoms with Crippen molar-refractivity contribution in [2.75, 3.05) is 11.5 Å². The Kier molecular flexibility index (Phi) is 5.82. The molecule has 5 heteroatoms. The quantitative estimate of drug-likeness (QED) is 0.340. The molecule has 0 aliphatic carbocycles. The second kappa shape index (κ2) is 8.71. The van der Waals surface area contributed by atoms with Gasteiger partial charge in [-0.3, -0.25) is 14.5 Å². The Hall–Kier alpha value is -3.86. The summed E-state index contributed by atoms with van der Waals surface area (Å²) in [6, 6.07) is 21.2. The van der Waals surface area contributed by atoms with Crippen LogP contribution < -0.4 is 9.64 Å². The monoisotopic (exact) mass is 427 g/mol. The Morgan fingerprint density at radius 1 is 0.938 bits per heavy atom. The fourth-order valence-electron chi connectivity index (χ4n) is 4.06. The zero-order valence-corrected chi connectivity index (χ0v) is 18.3. The first-order valence-corrected chi connectivity index (χ1v) is 10.6. The maximum Gasteiger partial charge on any atom is 0.300 e. The van der Waals surface area contributed by atoms with Crippen molar-refractivity contribution in [2.24, 2.45) is 0 Å². The number of Topliss-reactive ketones (excluding diaryl/α,β-unsaturated/α-hetero) is 1. The highest BCUT2D eigenvalue weighted by Crippen LogP contribution is 2.42. The molecule has 3 aromatic rings. The number of hydrogen-bond acceptors (Lipinski definition) is 4. The van der Waals surface area contributed by atoms with E-state index >= 15 is 0 Å². The molecule has 1 amide bonds. The maximum atomic E-state index is 13.2. The standard InChI is InChI=1S/C27H25NO4/c1-4-32-22-13-11-19(12-14-22)25(29)23-24(20-9-5-7-17(2)15-20)28(27(31)26(23)30)21-10-6-8-18(3)16-21/h5-16,24,29H,4H2,1-3H3/b25-23+. The summed E-state index contributed by atoms with van der Waals surface area (Å²) in [5, 5.41) is 11.2. The molecule has 0 bridgehead atoms. The molecule has 1 saturated heterocycles. The van der Waals surface area contributed by atoms with Crippen LogP contribution in [0.25, 0.3) is 5.76 Å². The summed E-state index contributed by atoms with van der Waals surface area (Å²) >= 11 is 0. The molecule has 1 aliphatic heterocycles. The number of ketones is 1. The average molecular weight is 428 g/mol. The van der Waals surface area contributed by atoms with Gasteiger partial charge in [0, 0.05) is 11.3 Å². The minimum Gasteiger partial charge on any atom is -0.507 e. The van der Waals surface area contributed by atoms with Crippen LogP contribution in [0.4, 0.5) is 5.69 Å². The molecule has 1 N–H and O–H groups in total. The van der Waals surface area contributed by atoms with Gasteiger partial charge in [-0.1, -0.05) is 42.0 Å². The van der Waals surface area contributed by atoms with Crippen molar-refractivity contribution in [2.45, 2.75) is 26.8 Å². The number of benzene rings is 3. The lowest BCUT2D eigenvalue weighted by molar-refractivity contribution is -0.132. The lowest BCUT2D eigenvalue weighted by Gasteiger charge is -2.26. The topological polar surface area (TPSA) is 66.8 Å². The second-order valence-electron chi connectivity index (χ2n) is 7.88. The third-order valence-electron chi connectivity index (χ3n) is 5.52. The second-order valence-corrected chi connectivity index (χ2v) is 7.88. The highest BCUT2D eigenvalue weighted by atomic mass is 16.5. The molecule has 162 valence electrons. The van der Waals surface area contributed by atoms with Crippen molar-refractivity contribution < 1.29 is 19.4 Å². The van der Waals surface area contributed by atoms with E-state index in [1.807, 2.05) is 63.2 Å². The summed E-state index contributed by atoms with van der Waals surface area (Å²) in [6.07, 6.45) is 0. The molecule has 0 aromatic heterocycles. The number of rotatable bonds is 5. The third kappa shape index (κ3) is 3.89. The Bertz CT molecular complexity index is 1210. The van der Waals surface area contributed by atoms with Crippen LogP contribution in [0.2, 0.25) is 0 Å². The van der Waals surface area contributed by atoms with Gasteiger partial charge in [0.05, 0.1) is 18.2 Å². The van der Waals surface area contributed by atoms with Crippen LogP contribution in [0.15, 0.2) is 78.4 Å². The van der Waals surface area contributed by atoms with Crippen molar-refractivity contribution >= 4 is 23.1 Å². The summed E-state index contributed by atoms with van der Waals surface area (Å²) in [7, 11) is 0. The van der Waals surface area contributed by atoms with Gasteiger partial charge in [0.15, 0.2) is 0 Å². The minimum atomic E-state index is -0.733. The third-order valence-corrected chi connectivity index (χ3v) is 5.52. The maximum absolute atomic E-state index is 13.2. The van der Waals surface area contributed by atoms with Crippen LogP contribution in [0.1, 0.15) is 35.2 Å². The zero-order chi connectivity index (χ0) is 22.8. The smallest absolute Gasteiger partial charge is 0.300 e. The lowest BCUT2D eigenvalue weighted by atomic mass is 9.94. The van der Waals surface area contributed by atoms with Crippen molar-refractivity contribution in [3.8, 4) is 5.75 Å². The molecule has 3 aromatic carbocycles. The molecule has 1 unspecified atom stereocenters. The number of aliphatic hydroxyl groups excluding tert-OH is 1. The first kappa shape index (κ1) is 21.4.